The summed E-state index contributed by atoms with van der Waals surface area (Å²) in [6.07, 6.45) is -3.45. The van der Waals surface area contributed by atoms with Crippen LogP contribution in [0.3, 0.4) is 0 Å². The van der Waals surface area contributed by atoms with Crippen LogP contribution in [0.2, 0.25) is 5.02 Å². The molecule has 1 aliphatic heterocycles. The number of likely N-dealkylation sites (N-methyl/N-ethyl adjacent to an activating group) is 1. The molecule has 168 valence electrons. The molecule has 2 aromatic rings. The summed E-state index contributed by atoms with van der Waals surface area (Å²) in [6.45, 7) is 3.84. The van der Waals surface area contributed by atoms with E-state index in [1.54, 1.807) is 6.07 Å². The van der Waals surface area contributed by atoms with Crippen LogP contribution in [0.25, 0.3) is 0 Å². The number of amides is 1. The summed E-state index contributed by atoms with van der Waals surface area (Å²) in [5.41, 5.74) is 0.252. The van der Waals surface area contributed by atoms with Crippen molar-refractivity contribution < 1.29 is 18.0 Å². The Hall–Kier alpha value is -3.22. The van der Waals surface area contributed by atoms with E-state index >= 15 is 0 Å². The first-order valence-electron chi connectivity index (χ1n) is 9.76. The highest BCUT2D eigenvalue weighted by Crippen LogP contribution is 2.36. The van der Waals surface area contributed by atoms with E-state index in [9.17, 15) is 23.2 Å². The fraction of sp³-hybridized carbons (Fsp3) is 0.273. The van der Waals surface area contributed by atoms with Gasteiger partial charge in [0.05, 0.1) is 10.6 Å². The van der Waals surface area contributed by atoms with Gasteiger partial charge < -0.3 is 20.4 Å². The first kappa shape index (κ1) is 23.4. The fourth-order valence-corrected chi connectivity index (χ4v) is 3.38. The van der Waals surface area contributed by atoms with Gasteiger partial charge in [0.25, 0.3) is 5.91 Å². The van der Waals surface area contributed by atoms with E-state index in [0.717, 1.165) is 44.0 Å². The number of hydrogen-bond acceptors (Lipinski definition) is 5. The van der Waals surface area contributed by atoms with Gasteiger partial charge in [-0.2, -0.15) is 18.4 Å². The van der Waals surface area contributed by atoms with E-state index in [2.05, 4.69) is 27.5 Å². The number of halogens is 4. The van der Waals surface area contributed by atoms with Crippen LogP contribution in [-0.2, 0) is 11.0 Å². The van der Waals surface area contributed by atoms with Gasteiger partial charge in [0.15, 0.2) is 0 Å². The third-order valence-corrected chi connectivity index (χ3v) is 5.34. The van der Waals surface area contributed by atoms with Gasteiger partial charge in [0.1, 0.15) is 11.6 Å². The number of benzene rings is 2. The number of carbonyl (C=O) groups excluding carboxylic acids is 1. The molecule has 0 aliphatic carbocycles. The summed E-state index contributed by atoms with van der Waals surface area (Å²) in [4.78, 5) is 16.9. The molecule has 6 nitrogen and oxygen atoms in total. The SMILES string of the molecule is CN1CCN(c2ccc(N/C=C(/C#N)C(=O)Nc3ccc(Cl)c(C(F)(F)F)c3)cc2)CC1. The normalized spacial score (nSPS) is 15.2. The summed E-state index contributed by atoms with van der Waals surface area (Å²) >= 11 is 5.58. The molecule has 0 spiro atoms. The lowest BCUT2D eigenvalue weighted by molar-refractivity contribution is -0.137. The maximum absolute atomic E-state index is 13.0. The largest absolute Gasteiger partial charge is 0.417 e. The molecule has 10 heteroatoms. The minimum atomic E-state index is -4.66. The summed E-state index contributed by atoms with van der Waals surface area (Å²) in [6, 6.07) is 12.3. The molecule has 2 N–H and O–H groups in total. The molecule has 32 heavy (non-hydrogen) atoms. The van der Waals surface area contributed by atoms with Crippen LogP contribution in [0.5, 0.6) is 0 Å². The number of anilines is 3. The molecule has 0 atom stereocenters. The van der Waals surface area contributed by atoms with Crippen molar-refractivity contribution in [2.45, 2.75) is 6.18 Å². The minimum Gasteiger partial charge on any atom is -0.369 e. The Morgan fingerprint density at radius 1 is 1.09 bits per heavy atom. The van der Waals surface area contributed by atoms with Gasteiger partial charge in [-0.15, -0.1) is 0 Å². The van der Waals surface area contributed by atoms with E-state index in [0.29, 0.717) is 5.69 Å². The van der Waals surface area contributed by atoms with Crippen molar-refractivity contribution in [3.05, 3.63) is 64.8 Å². The van der Waals surface area contributed by atoms with Gasteiger partial charge in [0, 0.05) is 49.4 Å². The summed E-state index contributed by atoms with van der Waals surface area (Å²) in [5.74, 6) is -0.843. The Morgan fingerprint density at radius 3 is 2.31 bits per heavy atom. The van der Waals surface area contributed by atoms with E-state index in [1.165, 1.54) is 12.3 Å². The van der Waals surface area contributed by atoms with Gasteiger partial charge in [-0.25, -0.2) is 0 Å². The number of piperazine rings is 1. The highest BCUT2D eigenvalue weighted by atomic mass is 35.5. The maximum atomic E-state index is 13.0. The highest BCUT2D eigenvalue weighted by Gasteiger charge is 2.33. The lowest BCUT2D eigenvalue weighted by Crippen LogP contribution is -2.44. The Morgan fingerprint density at radius 2 is 1.72 bits per heavy atom. The highest BCUT2D eigenvalue weighted by molar-refractivity contribution is 6.31. The van der Waals surface area contributed by atoms with Crippen LogP contribution in [0.4, 0.5) is 30.2 Å². The number of alkyl halides is 3. The molecule has 1 amide bonds. The second-order valence-electron chi connectivity index (χ2n) is 7.30. The van der Waals surface area contributed by atoms with Gasteiger partial charge in [0.2, 0.25) is 0 Å². The monoisotopic (exact) mass is 463 g/mol. The smallest absolute Gasteiger partial charge is 0.369 e. The Balaban J connectivity index is 1.65. The number of rotatable bonds is 5. The first-order valence-corrected chi connectivity index (χ1v) is 10.1. The zero-order chi connectivity index (χ0) is 23.3. The van der Waals surface area contributed by atoms with Gasteiger partial charge in [-0.05, 0) is 49.5 Å². The number of nitriles is 1. The lowest BCUT2D eigenvalue weighted by atomic mass is 10.2. The van der Waals surface area contributed by atoms with Crippen LogP contribution >= 0.6 is 11.6 Å². The van der Waals surface area contributed by atoms with E-state index in [-0.39, 0.29) is 11.3 Å². The van der Waals surface area contributed by atoms with Crippen LogP contribution in [-0.4, -0.2) is 44.0 Å². The average Bonchev–Trinajstić information content (AvgIpc) is 2.76. The number of nitrogens with zero attached hydrogens (tertiary/aromatic N) is 3. The molecule has 1 heterocycles. The van der Waals surface area contributed by atoms with E-state index in [4.69, 9.17) is 11.6 Å². The van der Waals surface area contributed by atoms with Crippen molar-refractivity contribution in [2.24, 2.45) is 0 Å². The predicted octanol–water partition coefficient (Wildman–Crippen LogP) is 4.57. The van der Waals surface area contributed by atoms with Gasteiger partial charge in [-0.3, -0.25) is 4.79 Å². The van der Waals surface area contributed by atoms with Crippen LogP contribution in [0.1, 0.15) is 5.56 Å². The third-order valence-electron chi connectivity index (χ3n) is 5.01. The molecule has 1 fully saturated rings. The molecule has 2 aromatic carbocycles. The molecule has 0 unspecified atom stereocenters. The van der Waals surface area contributed by atoms with Crippen molar-refractivity contribution in [3.8, 4) is 6.07 Å². The Kier molecular flexibility index (Phi) is 7.28. The van der Waals surface area contributed by atoms with Crippen molar-refractivity contribution in [3.63, 3.8) is 0 Å². The molecule has 3 rings (SSSR count). The summed E-state index contributed by atoms with van der Waals surface area (Å²) in [7, 11) is 2.09. The second kappa shape index (κ2) is 9.94. The lowest BCUT2D eigenvalue weighted by Gasteiger charge is -2.34. The number of carbonyl (C=O) groups is 1. The average molecular weight is 464 g/mol. The summed E-state index contributed by atoms with van der Waals surface area (Å²) < 4.78 is 39.0. The van der Waals surface area contributed by atoms with Crippen molar-refractivity contribution in [1.82, 2.24) is 4.90 Å². The topological polar surface area (TPSA) is 71.4 Å². The van der Waals surface area contributed by atoms with E-state index in [1.807, 2.05) is 24.3 Å². The van der Waals surface area contributed by atoms with Gasteiger partial charge >= 0.3 is 6.18 Å². The van der Waals surface area contributed by atoms with Crippen LogP contribution in [0, 0.1) is 11.3 Å². The zero-order valence-corrected chi connectivity index (χ0v) is 18.0. The molecular weight excluding hydrogens is 443 g/mol. The molecule has 0 aromatic heterocycles. The standard InChI is InChI=1S/C22H21ClF3N5O/c1-30-8-10-31(11-9-30)18-5-2-16(3-6-18)28-14-15(13-27)21(32)29-17-4-7-20(23)19(12-17)22(24,25)26/h2-7,12,14,28H,8-11H2,1H3,(H,29,32)/b15-14-. The van der Waals surface area contributed by atoms with E-state index < -0.39 is 22.7 Å². The number of hydrogen-bond donors (Lipinski definition) is 2. The second-order valence-corrected chi connectivity index (χ2v) is 7.71. The maximum Gasteiger partial charge on any atom is 0.417 e. The quantitative estimate of drug-likeness (QED) is 0.502. The molecule has 0 radical (unpaired) electrons. The summed E-state index contributed by atoms with van der Waals surface area (Å²) in [5, 5.41) is 14.0. The first-order chi connectivity index (χ1) is 15.2. The molecule has 1 aliphatic rings. The predicted molar refractivity (Wildman–Crippen MR) is 119 cm³/mol. The Bertz CT molecular complexity index is 1040. The molecular formula is C22H21ClF3N5O. The molecule has 1 saturated heterocycles. The van der Waals surface area contributed by atoms with Crippen LogP contribution in [0.15, 0.2) is 54.2 Å². The third kappa shape index (κ3) is 5.93. The van der Waals surface area contributed by atoms with Gasteiger partial charge in [-0.1, -0.05) is 11.6 Å². The Labute approximate surface area is 188 Å². The fourth-order valence-electron chi connectivity index (χ4n) is 3.16. The van der Waals surface area contributed by atoms with Crippen molar-refractivity contribution in [2.75, 3.05) is 48.8 Å². The molecule has 0 bridgehead atoms. The zero-order valence-electron chi connectivity index (χ0n) is 17.2. The molecule has 0 saturated carbocycles. The van der Waals surface area contributed by atoms with Crippen molar-refractivity contribution in [1.29, 1.82) is 5.26 Å². The number of nitrogens with one attached hydrogen (secondary N) is 2. The van der Waals surface area contributed by atoms with Crippen molar-refractivity contribution >= 4 is 34.6 Å². The minimum absolute atomic E-state index is 0.121. The van der Waals surface area contributed by atoms with Crippen LogP contribution < -0.4 is 15.5 Å².